The van der Waals surface area contributed by atoms with Crippen molar-refractivity contribution in [1.29, 1.82) is 0 Å². The number of nitrogens with zero attached hydrogens (tertiary/aromatic N) is 5. The van der Waals surface area contributed by atoms with Crippen molar-refractivity contribution in [2.45, 2.75) is 25.4 Å². The van der Waals surface area contributed by atoms with E-state index in [0.717, 1.165) is 37.2 Å². The maximum atomic E-state index is 11.0. The van der Waals surface area contributed by atoms with Crippen LogP contribution in [0, 0.1) is 0 Å². The van der Waals surface area contributed by atoms with E-state index in [2.05, 4.69) is 20.0 Å². The Bertz CT molecular complexity index is 892. The van der Waals surface area contributed by atoms with Crippen molar-refractivity contribution < 1.29 is 9.90 Å². The second kappa shape index (κ2) is 7.05. The average Bonchev–Trinajstić information content (AvgIpc) is 3.33. The van der Waals surface area contributed by atoms with Crippen LogP contribution < -0.4 is 0 Å². The van der Waals surface area contributed by atoms with Crippen LogP contribution in [0.3, 0.4) is 0 Å². The van der Waals surface area contributed by atoms with Gasteiger partial charge in [-0.3, -0.25) is 4.90 Å². The molecule has 0 aliphatic carbocycles. The first kappa shape index (κ1) is 16.4. The molecule has 132 valence electrons. The molecule has 0 bridgehead atoms. The van der Waals surface area contributed by atoms with Crippen LogP contribution in [0.4, 0.5) is 0 Å². The third-order valence-electron chi connectivity index (χ3n) is 4.62. The molecule has 3 heterocycles. The van der Waals surface area contributed by atoms with Gasteiger partial charge in [0.1, 0.15) is 5.82 Å². The van der Waals surface area contributed by atoms with Gasteiger partial charge in [-0.05, 0) is 31.5 Å². The van der Waals surface area contributed by atoms with Gasteiger partial charge in [0.05, 0.1) is 23.5 Å². The SMILES string of the molecule is O=C(O)c1cnc(C2CCCN2Cc2cnn(-c3ccccc3)c2)nc1. The van der Waals surface area contributed by atoms with Gasteiger partial charge in [-0.15, -0.1) is 0 Å². The number of hydrogen-bond donors (Lipinski definition) is 1. The van der Waals surface area contributed by atoms with Gasteiger partial charge in [0, 0.05) is 30.7 Å². The number of rotatable bonds is 5. The summed E-state index contributed by atoms with van der Waals surface area (Å²) in [6.45, 7) is 1.73. The summed E-state index contributed by atoms with van der Waals surface area (Å²) >= 11 is 0. The lowest BCUT2D eigenvalue weighted by Gasteiger charge is -2.22. The number of carboxylic acids is 1. The minimum absolute atomic E-state index is 0.109. The van der Waals surface area contributed by atoms with Crippen molar-refractivity contribution in [1.82, 2.24) is 24.6 Å². The highest BCUT2D eigenvalue weighted by Crippen LogP contribution is 2.31. The standard InChI is InChI=1S/C19H19N5O2/c25-19(26)15-10-20-18(21-11-15)17-7-4-8-23(17)12-14-9-22-24(13-14)16-5-2-1-3-6-16/h1-3,5-6,9-11,13,17H,4,7-8,12H2,(H,25,26). The van der Waals surface area contributed by atoms with Crippen LogP contribution in [0.1, 0.15) is 40.6 Å². The molecule has 1 atom stereocenters. The van der Waals surface area contributed by atoms with Crippen molar-refractivity contribution in [3.8, 4) is 5.69 Å². The third kappa shape index (κ3) is 3.34. The first-order valence-electron chi connectivity index (χ1n) is 8.59. The zero-order valence-corrected chi connectivity index (χ0v) is 14.2. The number of likely N-dealkylation sites (tertiary alicyclic amines) is 1. The van der Waals surface area contributed by atoms with E-state index in [9.17, 15) is 4.79 Å². The minimum atomic E-state index is -1.01. The second-order valence-corrected chi connectivity index (χ2v) is 6.39. The van der Waals surface area contributed by atoms with Crippen LogP contribution in [0.2, 0.25) is 0 Å². The molecule has 0 amide bonds. The molecule has 0 radical (unpaired) electrons. The molecule has 0 saturated carbocycles. The molecule has 7 nitrogen and oxygen atoms in total. The number of carboxylic acid groups (broad SMARTS) is 1. The Morgan fingerprint density at radius 2 is 1.92 bits per heavy atom. The van der Waals surface area contributed by atoms with Gasteiger partial charge in [-0.25, -0.2) is 19.4 Å². The van der Waals surface area contributed by atoms with Crippen LogP contribution in [0.15, 0.2) is 55.1 Å². The first-order chi connectivity index (χ1) is 12.7. The summed E-state index contributed by atoms with van der Waals surface area (Å²) in [5, 5.41) is 13.4. The number of aromatic nitrogens is 4. The van der Waals surface area contributed by atoms with Crippen molar-refractivity contribution in [2.75, 3.05) is 6.54 Å². The lowest BCUT2D eigenvalue weighted by molar-refractivity contribution is 0.0695. The third-order valence-corrected chi connectivity index (χ3v) is 4.62. The minimum Gasteiger partial charge on any atom is -0.478 e. The fourth-order valence-corrected chi connectivity index (χ4v) is 3.33. The normalized spacial score (nSPS) is 17.5. The number of hydrogen-bond acceptors (Lipinski definition) is 5. The molecule has 0 spiro atoms. The molecule has 2 aromatic heterocycles. The molecular formula is C19H19N5O2. The zero-order valence-electron chi connectivity index (χ0n) is 14.2. The maximum absolute atomic E-state index is 11.0. The summed E-state index contributed by atoms with van der Waals surface area (Å²) in [4.78, 5) is 21.8. The van der Waals surface area contributed by atoms with Gasteiger partial charge in [0.15, 0.2) is 0 Å². The molecule has 1 unspecified atom stereocenters. The Morgan fingerprint density at radius 3 is 2.65 bits per heavy atom. The van der Waals surface area contributed by atoms with Crippen molar-refractivity contribution in [3.05, 3.63) is 72.1 Å². The van der Waals surface area contributed by atoms with Crippen LogP contribution in [-0.4, -0.2) is 42.3 Å². The van der Waals surface area contributed by atoms with E-state index in [1.807, 2.05) is 47.4 Å². The van der Waals surface area contributed by atoms with Gasteiger partial charge in [0.25, 0.3) is 0 Å². The van der Waals surface area contributed by atoms with Crippen LogP contribution in [0.25, 0.3) is 5.69 Å². The van der Waals surface area contributed by atoms with Gasteiger partial charge in [-0.2, -0.15) is 5.10 Å². The van der Waals surface area contributed by atoms with Crippen molar-refractivity contribution >= 4 is 5.97 Å². The highest BCUT2D eigenvalue weighted by atomic mass is 16.4. The maximum Gasteiger partial charge on any atom is 0.338 e. The molecule has 7 heteroatoms. The van der Waals surface area contributed by atoms with E-state index in [-0.39, 0.29) is 11.6 Å². The summed E-state index contributed by atoms with van der Waals surface area (Å²) < 4.78 is 1.87. The zero-order chi connectivity index (χ0) is 17.9. The van der Waals surface area contributed by atoms with E-state index in [1.165, 1.54) is 12.4 Å². The first-order valence-corrected chi connectivity index (χ1v) is 8.59. The topological polar surface area (TPSA) is 84.1 Å². The fraction of sp³-hybridized carbons (Fsp3) is 0.263. The van der Waals surface area contributed by atoms with Crippen molar-refractivity contribution in [3.63, 3.8) is 0 Å². The molecule has 1 fully saturated rings. The summed E-state index contributed by atoms with van der Waals surface area (Å²) in [6, 6.07) is 10.1. The van der Waals surface area contributed by atoms with E-state index in [1.54, 1.807) is 0 Å². The molecule has 1 saturated heterocycles. The molecular weight excluding hydrogens is 330 g/mol. The van der Waals surface area contributed by atoms with Gasteiger partial charge >= 0.3 is 5.97 Å². The monoisotopic (exact) mass is 349 g/mol. The second-order valence-electron chi connectivity index (χ2n) is 6.39. The quantitative estimate of drug-likeness (QED) is 0.762. The van der Waals surface area contributed by atoms with E-state index in [4.69, 9.17) is 5.11 Å². The largest absolute Gasteiger partial charge is 0.478 e. The number of carbonyl (C=O) groups is 1. The summed E-state index contributed by atoms with van der Waals surface area (Å²) in [7, 11) is 0. The lowest BCUT2D eigenvalue weighted by atomic mass is 10.2. The highest BCUT2D eigenvalue weighted by molar-refractivity contribution is 5.86. The van der Waals surface area contributed by atoms with Crippen molar-refractivity contribution in [2.24, 2.45) is 0 Å². The molecule has 1 N–H and O–H groups in total. The Kier molecular flexibility index (Phi) is 4.45. The molecule has 1 aliphatic heterocycles. The Labute approximate surface area is 150 Å². The van der Waals surface area contributed by atoms with Gasteiger partial charge in [0.2, 0.25) is 0 Å². The molecule has 26 heavy (non-hydrogen) atoms. The Hall–Kier alpha value is -3.06. The lowest BCUT2D eigenvalue weighted by Crippen LogP contribution is -2.24. The van der Waals surface area contributed by atoms with E-state index >= 15 is 0 Å². The summed E-state index contributed by atoms with van der Waals surface area (Å²) in [5.41, 5.74) is 2.27. The highest BCUT2D eigenvalue weighted by Gasteiger charge is 2.28. The average molecular weight is 349 g/mol. The predicted molar refractivity (Wildman–Crippen MR) is 94.9 cm³/mol. The predicted octanol–water partition coefficient (Wildman–Crippen LogP) is 2.70. The van der Waals surface area contributed by atoms with Crippen LogP contribution in [-0.2, 0) is 6.54 Å². The summed E-state index contributed by atoms with van der Waals surface area (Å²) in [6.07, 6.45) is 8.74. The van der Waals surface area contributed by atoms with E-state index in [0.29, 0.717) is 5.82 Å². The fourth-order valence-electron chi connectivity index (χ4n) is 3.33. The number of aromatic carboxylic acids is 1. The van der Waals surface area contributed by atoms with E-state index < -0.39 is 5.97 Å². The smallest absolute Gasteiger partial charge is 0.338 e. The molecule has 1 aromatic carbocycles. The van der Waals surface area contributed by atoms with Gasteiger partial charge in [-0.1, -0.05) is 18.2 Å². The van der Waals surface area contributed by atoms with Crippen LogP contribution in [0.5, 0.6) is 0 Å². The van der Waals surface area contributed by atoms with Crippen LogP contribution >= 0.6 is 0 Å². The number of para-hydroxylation sites is 1. The molecule has 3 aromatic rings. The molecule has 1 aliphatic rings. The summed E-state index contributed by atoms with van der Waals surface area (Å²) in [5.74, 6) is -0.323. The molecule has 4 rings (SSSR count). The Morgan fingerprint density at radius 1 is 1.15 bits per heavy atom. The number of benzene rings is 1. The van der Waals surface area contributed by atoms with Gasteiger partial charge < -0.3 is 5.11 Å². The Balaban J connectivity index is 1.49.